The lowest BCUT2D eigenvalue weighted by atomic mass is 9.75. The van der Waals surface area contributed by atoms with E-state index < -0.39 is 0 Å². The summed E-state index contributed by atoms with van der Waals surface area (Å²) in [6, 6.07) is 0. The number of hydrogen-bond donors (Lipinski definition) is 0. The molecule has 0 radical (unpaired) electrons. The van der Waals surface area contributed by atoms with Crippen LogP contribution in [0.4, 0.5) is 0 Å². The average Bonchev–Trinajstić information content (AvgIpc) is 1.85. The molecule has 0 unspecified atom stereocenters. The van der Waals surface area contributed by atoms with Gasteiger partial charge in [-0.25, -0.2) is 0 Å². The minimum Gasteiger partial charge on any atom is -0.0883 e. The van der Waals surface area contributed by atoms with Gasteiger partial charge in [0.1, 0.15) is 0 Å². The fourth-order valence-corrected chi connectivity index (χ4v) is 2.33. The van der Waals surface area contributed by atoms with Crippen molar-refractivity contribution in [3.63, 3.8) is 0 Å². The zero-order valence-corrected chi connectivity index (χ0v) is 9.08. The first-order valence-corrected chi connectivity index (χ1v) is 5.50. The van der Waals surface area contributed by atoms with E-state index in [0.717, 1.165) is 5.33 Å². The second kappa shape index (κ2) is 3.75. The van der Waals surface area contributed by atoms with Crippen LogP contribution in [0.5, 0.6) is 0 Å². The zero-order valence-electron chi connectivity index (χ0n) is 7.49. The van der Waals surface area contributed by atoms with E-state index in [0.29, 0.717) is 5.41 Å². The Morgan fingerprint density at radius 2 is 2.27 bits per heavy atom. The molecule has 1 rings (SSSR count). The van der Waals surface area contributed by atoms with Gasteiger partial charge in [-0.05, 0) is 31.1 Å². The summed E-state index contributed by atoms with van der Waals surface area (Å²) in [6.07, 6.45) is 7.74. The van der Waals surface area contributed by atoms with E-state index in [-0.39, 0.29) is 0 Å². The predicted molar refractivity (Wildman–Crippen MR) is 54.1 cm³/mol. The maximum atomic E-state index is 3.45. The van der Waals surface area contributed by atoms with Gasteiger partial charge in [0.2, 0.25) is 0 Å². The van der Waals surface area contributed by atoms with E-state index in [1.807, 2.05) is 0 Å². The van der Waals surface area contributed by atoms with Crippen LogP contribution in [0, 0.1) is 5.41 Å². The van der Waals surface area contributed by atoms with E-state index in [2.05, 4.69) is 35.9 Å². The molecule has 0 aromatic carbocycles. The van der Waals surface area contributed by atoms with Crippen molar-refractivity contribution in [1.82, 2.24) is 0 Å². The minimum atomic E-state index is 0.562. The molecule has 0 amide bonds. The van der Waals surface area contributed by atoms with Crippen LogP contribution >= 0.6 is 15.9 Å². The number of alkyl halides is 1. The molecule has 0 nitrogen and oxygen atoms in total. The van der Waals surface area contributed by atoms with E-state index in [4.69, 9.17) is 0 Å². The van der Waals surface area contributed by atoms with Crippen molar-refractivity contribution >= 4 is 15.9 Å². The zero-order chi connectivity index (χ0) is 8.32. The van der Waals surface area contributed by atoms with Crippen molar-refractivity contribution in [1.29, 1.82) is 0 Å². The van der Waals surface area contributed by atoms with Crippen LogP contribution < -0.4 is 0 Å². The van der Waals surface area contributed by atoms with Gasteiger partial charge in [0.15, 0.2) is 0 Å². The molecule has 11 heavy (non-hydrogen) atoms. The Morgan fingerprint density at radius 1 is 1.55 bits per heavy atom. The standard InChI is InChI=1S/C10H17Br/c1-10(2)6-3-4-9(8-10)5-7-11/h5H,3-4,6-8H2,1-2H3/b9-5-. The second-order valence-electron chi connectivity index (χ2n) is 4.21. The molecule has 0 aromatic heterocycles. The van der Waals surface area contributed by atoms with E-state index in [1.54, 1.807) is 5.57 Å². The summed E-state index contributed by atoms with van der Waals surface area (Å²) in [5.74, 6) is 0. The molecule has 0 aliphatic heterocycles. The summed E-state index contributed by atoms with van der Waals surface area (Å²) < 4.78 is 0. The third kappa shape index (κ3) is 2.98. The van der Waals surface area contributed by atoms with Gasteiger partial charge < -0.3 is 0 Å². The van der Waals surface area contributed by atoms with E-state index in [1.165, 1.54) is 25.7 Å². The fraction of sp³-hybridized carbons (Fsp3) is 0.800. The van der Waals surface area contributed by atoms with Crippen molar-refractivity contribution < 1.29 is 0 Å². The highest BCUT2D eigenvalue weighted by Crippen LogP contribution is 2.37. The van der Waals surface area contributed by atoms with Gasteiger partial charge in [-0.2, -0.15) is 0 Å². The molecule has 0 N–H and O–H groups in total. The molecule has 0 atom stereocenters. The third-order valence-corrected chi connectivity index (χ3v) is 2.75. The van der Waals surface area contributed by atoms with Gasteiger partial charge in [0, 0.05) is 5.33 Å². The van der Waals surface area contributed by atoms with Crippen LogP contribution in [0.15, 0.2) is 11.6 Å². The van der Waals surface area contributed by atoms with E-state index >= 15 is 0 Å². The Hall–Kier alpha value is 0.220. The van der Waals surface area contributed by atoms with Gasteiger partial charge in [-0.15, -0.1) is 0 Å². The molecule has 1 fully saturated rings. The smallest absolute Gasteiger partial charge is 0.0214 e. The molecule has 0 bridgehead atoms. The summed E-state index contributed by atoms with van der Waals surface area (Å²) in [5.41, 5.74) is 2.21. The van der Waals surface area contributed by atoms with Crippen LogP contribution in [-0.4, -0.2) is 5.33 Å². The highest BCUT2D eigenvalue weighted by molar-refractivity contribution is 9.09. The summed E-state index contributed by atoms with van der Waals surface area (Å²) >= 11 is 3.45. The van der Waals surface area contributed by atoms with Gasteiger partial charge in [0.05, 0.1) is 0 Å². The topological polar surface area (TPSA) is 0 Å². The lowest BCUT2D eigenvalue weighted by molar-refractivity contribution is 0.289. The predicted octanol–water partition coefficient (Wildman–Crippen LogP) is 3.91. The Labute approximate surface area is 78.2 Å². The Morgan fingerprint density at radius 3 is 2.82 bits per heavy atom. The van der Waals surface area contributed by atoms with Crippen molar-refractivity contribution in [3.8, 4) is 0 Å². The average molecular weight is 217 g/mol. The maximum absolute atomic E-state index is 3.45. The van der Waals surface area contributed by atoms with Crippen molar-refractivity contribution in [3.05, 3.63) is 11.6 Å². The summed E-state index contributed by atoms with van der Waals surface area (Å²) in [5, 5.41) is 1.03. The first-order chi connectivity index (χ1) is 5.14. The monoisotopic (exact) mass is 216 g/mol. The number of halogens is 1. The normalized spacial score (nSPS) is 27.4. The SMILES string of the molecule is CC1(C)CCC/C(=C/CBr)C1. The number of rotatable bonds is 1. The number of allylic oxidation sites excluding steroid dienone is 2. The lowest BCUT2D eigenvalue weighted by Crippen LogP contribution is -2.17. The molecule has 1 saturated carbocycles. The molecule has 1 heteroatoms. The van der Waals surface area contributed by atoms with Crippen LogP contribution in [-0.2, 0) is 0 Å². The second-order valence-corrected chi connectivity index (χ2v) is 4.86. The molecule has 64 valence electrons. The Bertz CT molecular complexity index is 156. The van der Waals surface area contributed by atoms with Gasteiger partial charge in [0.25, 0.3) is 0 Å². The molecule has 0 aromatic rings. The van der Waals surface area contributed by atoms with Crippen molar-refractivity contribution in [2.24, 2.45) is 5.41 Å². The van der Waals surface area contributed by atoms with Crippen LogP contribution in [0.2, 0.25) is 0 Å². The quantitative estimate of drug-likeness (QED) is 0.461. The van der Waals surface area contributed by atoms with Gasteiger partial charge in [-0.3, -0.25) is 0 Å². The molecule has 1 aliphatic carbocycles. The van der Waals surface area contributed by atoms with Crippen molar-refractivity contribution in [2.75, 3.05) is 5.33 Å². The molecule has 0 saturated heterocycles. The first-order valence-electron chi connectivity index (χ1n) is 4.38. The minimum absolute atomic E-state index is 0.562. The molecular formula is C10H17Br. The molecular weight excluding hydrogens is 200 g/mol. The van der Waals surface area contributed by atoms with Gasteiger partial charge in [-0.1, -0.05) is 41.4 Å². The fourth-order valence-electron chi connectivity index (χ4n) is 1.87. The first kappa shape index (κ1) is 9.31. The van der Waals surface area contributed by atoms with Crippen molar-refractivity contribution in [2.45, 2.75) is 39.5 Å². The van der Waals surface area contributed by atoms with Crippen LogP contribution in [0.1, 0.15) is 39.5 Å². The maximum Gasteiger partial charge on any atom is 0.0214 e. The van der Waals surface area contributed by atoms with E-state index in [9.17, 15) is 0 Å². The third-order valence-electron chi connectivity index (χ3n) is 2.42. The van der Waals surface area contributed by atoms with Crippen LogP contribution in [0.25, 0.3) is 0 Å². The summed E-state index contributed by atoms with van der Waals surface area (Å²) in [6.45, 7) is 4.74. The van der Waals surface area contributed by atoms with Gasteiger partial charge >= 0.3 is 0 Å². The number of hydrogen-bond acceptors (Lipinski definition) is 0. The Balaban J connectivity index is 2.53. The molecule has 0 heterocycles. The summed E-state index contributed by atoms with van der Waals surface area (Å²) in [4.78, 5) is 0. The highest BCUT2D eigenvalue weighted by Gasteiger charge is 2.23. The van der Waals surface area contributed by atoms with Crippen LogP contribution in [0.3, 0.4) is 0 Å². The molecule has 0 spiro atoms. The molecule has 1 aliphatic rings. The summed E-state index contributed by atoms with van der Waals surface area (Å²) in [7, 11) is 0. The highest BCUT2D eigenvalue weighted by atomic mass is 79.9. The largest absolute Gasteiger partial charge is 0.0883 e. The lowest BCUT2D eigenvalue weighted by Gasteiger charge is -2.31. The Kier molecular flexibility index (Phi) is 3.17.